The van der Waals surface area contributed by atoms with E-state index in [2.05, 4.69) is 55.3 Å². The molecule has 28 heavy (non-hydrogen) atoms. The molecule has 0 saturated carbocycles. The number of nitrogens with one attached hydrogen (secondary N) is 2. The maximum absolute atomic E-state index is 9.58. The van der Waals surface area contributed by atoms with Gasteiger partial charge in [0.2, 0.25) is 0 Å². The van der Waals surface area contributed by atoms with E-state index in [4.69, 9.17) is 0 Å². The Balaban J connectivity index is 1.75. The Kier molecular flexibility index (Phi) is 4.92. The molecule has 0 spiro atoms. The number of fused-ring (bicyclic) bond motifs is 1. The molecule has 1 aromatic carbocycles. The fourth-order valence-electron chi connectivity index (χ4n) is 3.09. The summed E-state index contributed by atoms with van der Waals surface area (Å²) < 4.78 is 0.910. The van der Waals surface area contributed by atoms with E-state index in [0.29, 0.717) is 5.56 Å². The predicted octanol–water partition coefficient (Wildman–Crippen LogP) is 5.81. The summed E-state index contributed by atoms with van der Waals surface area (Å²) in [5.74, 6) is 0. The van der Waals surface area contributed by atoms with Crippen molar-refractivity contribution in [3.8, 4) is 6.07 Å². The Morgan fingerprint density at radius 1 is 1.11 bits per heavy atom. The number of halogens is 1. The smallest absolute Gasteiger partial charge is 0.103 e. The van der Waals surface area contributed by atoms with E-state index in [1.807, 2.05) is 36.5 Å². The quantitative estimate of drug-likeness (QED) is 0.428. The van der Waals surface area contributed by atoms with Gasteiger partial charge in [0, 0.05) is 57.6 Å². The van der Waals surface area contributed by atoms with Gasteiger partial charge in [-0.1, -0.05) is 12.2 Å². The molecule has 2 N–H and O–H groups in total. The monoisotopic (exact) mass is 429 g/mol. The number of nitrogens with zero attached hydrogens (tertiary/aromatic N) is 3. The van der Waals surface area contributed by atoms with E-state index in [0.717, 1.165) is 43.4 Å². The molecular weight excluding hydrogens is 414 g/mol. The SMILES string of the molecule is Cc1c(Nc2c(C#N)cncc2C=Cc2cncc(Br)c2)ccc2[nH]ccc12. The van der Waals surface area contributed by atoms with Gasteiger partial charge in [-0.25, -0.2) is 0 Å². The van der Waals surface area contributed by atoms with Gasteiger partial charge in [-0.15, -0.1) is 0 Å². The third-order valence-electron chi connectivity index (χ3n) is 4.54. The van der Waals surface area contributed by atoms with Crippen LogP contribution in [0.2, 0.25) is 0 Å². The fraction of sp³-hybridized carbons (Fsp3) is 0.0455. The van der Waals surface area contributed by atoms with Crippen LogP contribution < -0.4 is 5.32 Å². The first-order valence-electron chi connectivity index (χ1n) is 8.66. The van der Waals surface area contributed by atoms with Crippen molar-refractivity contribution in [1.82, 2.24) is 15.0 Å². The molecular formula is C22H16BrN5. The van der Waals surface area contributed by atoms with Gasteiger partial charge < -0.3 is 10.3 Å². The maximum atomic E-state index is 9.58. The first kappa shape index (κ1) is 18.0. The molecule has 0 unspecified atom stereocenters. The average molecular weight is 430 g/mol. The van der Waals surface area contributed by atoms with Crippen LogP contribution in [0.4, 0.5) is 11.4 Å². The second kappa shape index (κ2) is 7.67. The van der Waals surface area contributed by atoms with Crippen molar-refractivity contribution in [2.24, 2.45) is 0 Å². The Hall–Kier alpha value is -3.43. The van der Waals surface area contributed by atoms with Gasteiger partial charge in [0.15, 0.2) is 0 Å². The maximum Gasteiger partial charge on any atom is 0.103 e. The van der Waals surface area contributed by atoms with Crippen LogP contribution in [0.3, 0.4) is 0 Å². The molecule has 136 valence electrons. The van der Waals surface area contributed by atoms with Gasteiger partial charge in [0.1, 0.15) is 6.07 Å². The fourth-order valence-corrected chi connectivity index (χ4v) is 3.47. The number of anilines is 2. The average Bonchev–Trinajstić information content (AvgIpc) is 3.19. The molecule has 0 bridgehead atoms. The molecule has 0 saturated heterocycles. The second-order valence-corrected chi connectivity index (χ2v) is 7.25. The summed E-state index contributed by atoms with van der Waals surface area (Å²) in [5, 5.41) is 14.2. The molecule has 0 fully saturated rings. The molecule has 0 amide bonds. The highest BCUT2D eigenvalue weighted by molar-refractivity contribution is 9.10. The molecule has 4 aromatic rings. The lowest BCUT2D eigenvalue weighted by Crippen LogP contribution is -1.99. The largest absolute Gasteiger partial charge is 0.361 e. The van der Waals surface area contributed by atoms with Crippen molar-refractivity contribution in [3.63, 3.8) is 0 Å². The highest BCUT2D eigenvalue weighted by atomic mass is 79.9. The van der Waals surface area contributed by atoms with Crippen molar-refractivity contribution < 1.29 is 0 Å². The summed E-state index contributed by atoms with van der Waals surface area (Å²) in [4.78, 5) is 11.6. The highest BCUT2D eigenvalue weighted by Gasteiger charge is 2.11. The normalized spacial score (nSPS) is 11.0. The van der Waals surface area contributed by atoms with E-state index >= 15 is 0 Å². The third kappa shape index (κ3) is 3.53. The number of nitriles is 1. The van der Waals surface area contributed by atoms with Crippen LogP contribution in [0.25, 0.3) is 23.1 Å². The lowest BCUT2D eigenvalue weighted by molar-refractivity contribution is 1.28. The summed E-state index contributed by atoms with van der Waals surface area (Å²) in [7, 11) is 0. The van der Waals surface area contributed by atoms with E-state index in [9.17, 15) is 5.26 Å². The van der Waals surface area contributed by atoms with Gasteiger partial charge >= 0.3 is 0 Å². The summed E-state index contributed by atoms with van der Waals surface area (Å²) in [6.07, 6.45) is 12.6. The zero-order chi connectivity index (χ0) is 19.5. The van der Waals surface area contributed by atoms with Crippen molar-refractivity contribution in [2.75, 3.05) is 5.32 Å². The minimum Gasteiger partial charge on any atom is -0.361 e. The molecule has 0 aliphatic heterocycles. The van der Waals surface area contributed by atoms with Crippen molar-refractivity contribution in [3.05, 3.63) is 82.0 Å². The number of benzene rings is 1. The van der Waals surface area contributed by atoms with E-state index in [1.165, 1.54) is 0 Å². The first-order chi connectivity index (χ1) is 13.7. The molecule has 3 aromatic heterocycles. The Labute approximate surface area is 170 Å². The Morgan fingerprint density at radius 2 is 1.96 bits per heavy atom. The van der Waals surface area contributed by atoms with Crippen LogP contribution in [-0.2, 0) is 0 Å². The van der Waals surface area contributed by atoms with Crippen LogP contribution in [0.5, 0.6) is 0 Å². The second-order valence-electron chi connectivity index (χ2n) is 6.33. The summed E-state index contributed by atoms with van der Waals surface area (Å²) >= 11 is 3.43. The number of H-pyrrole nitrogens is 1. The van der Waals surface area contributed by atoms with Crippen molar-refractivity contribution in [1.29, 1.82) is 5.26 Å². The van der Waals surface area contributed by atoms with Crippen molar-refractivity contribution >= 4 is 50.4 Å². The Bertz CT molecular complexity index is 1230. The van der Waals surface area contributed by atoms with E-state index in [1.54, 1.807) is 24.8 Å². The lowest BCUT2D eigenvalue weighted by Gasteiger charge is -2.14. The lowest BCUT2D eigenvalue weighted by atomic mass is 10.1. The van der Waals surface area contributed by atoms with Crippen LogP contribution in [0.15, 0.2) is 59.7 Å². The number of aryl methyl sites for hydroxylation is 1. The predicted molar refractivity (Wildman–Crippen MR) is 116 cm³/mol. The van der Waals surface area contributed by atoms with Gasteiger partial charge in [-0.2, -0.15) is 5.26 Å². The number of pyridine rings is 2. The minimum absolute atomic E-state index is 0.489. The van der Waals surface area contributed by atoms with Crippen LogP contribution >= 0.6 is 15.9 Å². The molecule has 0 aliphatic carbocycles. The topological polar surface area (TPSA) is 77.4 Å². The molecule has 0 radical (unpaired) electrons. The van der Waals surface area contributed by atoms with Gasteiger partial charge in [-0.05, 0) is 58.2 Å². The van der Waals surface area contributed by atoms with Crippen LogP contribution in [0, 0.1) is 18.3 Å². The van der Waals surface area contributed by atoms with E-state index in [-0.39, 0.29) is 0 Å². The van der Waals surface area contributed by atoms with E-state index < -0.39 is 0 Å². The molecule has 0 aliphatic rings. The van der Waals surface area contributed by atoms with Crippen molar-refractivity contribution in [2.45, 2.75) is 6.92 Å². The zero-order valence-corrected chi connectivity index (χ0v) is 16.7. The third-order valence-corrected chi connectivity index (χ3v) is 4.97. The number of aromatic amines is 1. The number of hydrogen-bond donors (Lipinski definition) is 2. The standard InChI is InChI=1S/C22H16BrN5/c1-14-19-6-7-27-21(19)5-4-20(14)28-22-16(11-26-12-17(22)9-24)3-2-15-8-18(23)13-25-10-15/h2-8,10-13,27H,1H3,(H,26,28). The minimum atomic E-state index is 0.489. The van der Waals surface area contributed by atoms with Gasteiger partial charge in [0.05, 0.1) is 11.3 Å². The zero-order valence-electron chi connectivity index (χ0n) is 15.1. The molecule has 6 heteroatoms. The summed E-state index contributed by atoms with van der Waals surface area (Å²) in [5.41, 5.74) is 6.15. The first-order valence-corrected chi connectivity index (χ1v) is 9.45. The molecule has 3 heterocycles. The van der Waals surface area contributed by atoms with Crippen LogP contribution in [0.1, 0.15) is 22.3 Å². The molecule has 5 nitrogen and oxygen atoms in total. The summed E-state index contributed by atoms with van der Waals surface area (Å²) in [6, 6.07) is 10.3. The highest BCUT2D eigenvalue weighted by Crippen LogP contribution is 2.31. The Morgan fingerprint density at radius 3 is 2.79 bits per heavy atom. The number of hydrogen-bond acceptors (Lipinski definition) is 4. The van der Waals surface area contributed by atoms with Gasteiger partial charge in [0.25, 0.3) is 0 Å². The number of rotatable bonds is 4. The number of aromatic nitrogens is 3. The van der Waals surface area contributed by atoms with Gasteiger partial charge in [-0.3, -0.25) is 9.97 Å². The molecule has 4 rings (SSSR count). The summed E-state index contributed by atoms with van der Waals surface area (Å²) in [6.45, 7) is 2.06. The van der Waals surface area contributed by atoms with Crippen LogP contribution in [-0.4, -0.2) is 15.0 Å². The molecule has 0 atom stereocenters.